The Kier molecular flexibility index (Phi) is 3.75. The number of ether oxygens (including phenoxy) is 1. The minimum Gasteiger partial charge on any atom is -0.493 e. The van der Waals surface area contributed by atoms with Crippen molar-refractivity contribution in [1.82, 2.24) is 5.43 Å². The predicted octanol–water partition coefficient (Wildman–Crippen LogP) is 2.21. The minimum atomic E-state index is 0.0326. The van der Waals surface area contributed by atoms with Crippen LogP contribution in [0.3, 0.4) is 0 Å². The van der Waals surface area contributed by atoms with E-state index in [0.717, 1.165) is 11.4 Å². The Labute approximate surface area is 108 Å². The standard InChI is InChI=1S/C14H20N2O2/c1-10(2)9-18-13-6-4-5-12(7-13)16-8-11(3)14(17)15-16/h4-7,10-11H,8-9H2,1-3H3,(H,15,17). The molecule has 1 unspecified atom stereocenters. The maximum Gasteiger partial charge on any atom is 0.243 e. The first-order valence-corrected chi connectivity index (χ1v) is 6.37. The van der Waals surface area contributed by atoms with Crippen molar-refractivity contribution in [1.29, 1.82) is 0 Å². The van der Waals surface area contributed by atoms with E-state index < -0.39 is 0 Å². The van der Waals surface area contributed by atoms with Crippen molar-refractivity contribution in [3.8, 4) is 5.75 Å². The van der Waals surface area contributed by atoms with Gasteiger partial charge in [-0.1, -0.05) is 26.8 Å². The Bertz CT molecular complexity index is 432. The Hall–Kier alpha value is -1.71. The zero-order valence-corrected chi connectivity index (χ0v) is 11.1. The van der Waals surface area contributed by atoms with Crippen molar-refractivity contribution >= 4 is 11.6 Å². The van der Waals surface area contributed by atoms with Gasteiger partial charge in [0.25, 0.3) is 0 Å². The molecule has 1 atom stereocenters. The fourth-order valence-electron chi connectivity index (χ4n) is 1.82. The SMILES string of the molecule is CC(C)COc1cccc(N2CC(C)C(=O)N2)c1. The molecule has 1 saturated heterocycles. The summed E-state index contributed by atoms with van der Waals surface area (Å²) in [6.07, 6.45) is 0. The van der Waals surface area contributed by atoms with Gasteiger partial charge in [0.15, 0.2) is 0 Å². The number of benzene rings is 1. The van der Waals surface area contributed by atoms with Gasteiger partial charge in [0.2, 0.25) is 5.91 Å². The van der Waals surface area contributed by atoms with Crippen molar-refractivity contribution in [3.05, 3.63) is 24.3 Å². The molecule has 98 valence electrons. The van der Waals surface area contributed by atoms with Crippen molar-refractivity contribution in [3.63, 3.8) is 0 Å². The summed E-state index contributed by atoms with van der Waals surface area (Å²) in [4.78, 5) is 11.5. The van der Waals surface area contributed by atoms with Gasteiger partial charge in [-0.2, -0.15) is 0 Å². The predicted molar refractivity (Wildman–Crippen MR) is 71.4 cm³/mol. The first-order chi connectivity index (χ1) is 8.56. The van der Waals surface area contributed by atoms with E-state index in [1.54, 1.807) is 0 Å². The number of nitrogens with one attached hydrogen (secondary N) is 1. The average molecular weight is 248 g/mol. The first kappa shape index (κ1) is 12.7. The van der Waals surface area contributed by atoms with Crippen LogP contribution >= 0.6 is 0 Å². The average Bonchev–Trinajstić information content (AvgIpc) is 2.68. The third-order valence-electron chi connectivity index (χ3n) is 2.86. The van der Waals surface area contributed by atoms with Crippen LogP contribution in [0.15, 0.2) is 24.3 Å². The topological polar surface area (TPSA) is 41.6 Å². The van der Waals surface area contributed by atoms with Gasteiger partial charge in [0, 0.05) is 6.07 Å². The monoisotopic (exact) mass is 248 g/mol. The summed E-state index contributed by atoms with van der Waals surface area (Å²) in [5.41, 5.74) is 3.82. The number of rotatable bonds is 4. The second-order valence-corrected chi connectivity index (χ2v) is 5.19. The van der Waals surface area contributed by atoms with E-state index in [9.17, 15) is 4.79 Å². The van der Waals surface area contributed by atoms with Gasteiger partial charge in [0.1, 0.15) is 5.75 Å². The number of carbonyl (C=O) groups is 1. The molecule has 0 bridgehead atoms. The minimum absolute atomic E-state index is 0.0326. The number of carbonyl (C=O) groups excluding carboxylic acids is 1. The van der Waals surface area contributed by atoms with Crippen LogP contribution in [0.1, 0.15) is 20.8 Å². The van der Waals surface area contributed by atoms with E-state index in [-0.39, 0.29) is 11.8 Å². The molecule has 1 aliphatic heterocycles. The van der Waals surface area contributed by atoms with Crippen LogP contribution in [0, 0.1) is 11.8 Å². The molecule has 1 aromatic carbocycles. The zero-order chi connectivity index (χ0) is 13.1. The molecule has 1 N–H and O–H groups in total. The van der Waals surface area contributed by atoms with Crippen LogP contribution in [-0.4, -0.2) is 19.1 Å². The number of amides is 1. The van der Waals surface area contributed by atoms with Crippen molar-refractivity contribution in [2.75, 3.05) is 18.2 Å². The molecular weight excluding hydrogens is 228 g/mol. The molecule has 2 rings (SSSR count). The van der Waals surface area contributed by atoms with Crippen LogP contribution in [-0.2, 0) is 4.79 Å². The molecule has 0 aliphatic carbocycles. The van der Waals surface area contributed by atoms with Crippen molar-refractivity contribution in [2.24, 2.45) is 11.8 Å². The molecule has 0 aromatic heterocycles. The molecule has 0 spiro atoms. The zero-order valence-electron chi connectivity index (χ0n) is 11.1. The normalized spacial score (nSPS) is 19.2. The van der Waals surface area contributed by atoms with Gasteiger partial charge in [-0.15, -0.1) is 0 Å². The maximum atomic E-state index is 11.5. The molecule has 0 radical (unpaired) electrons. The van der Waals surface area contributed by atoms with E-state index in [0.29, 0.717) is 19.1 Å². The number of hydrazine groups is 1. The molecule has 4 heteroatoms. The van der Waals surface area contributed by atoms with Crippen LogP contribution < -0.4 is 15.2 Å². The summed E-state index contributed by atoms with van der Waals surface area (Å²) >= 11 is 0. The van der Waals surface area contributed by atoms with Crippen LogP contribution in [0.4, 0.5) is 5.69 Å². The second kappa shape index (κ2) is 5.29. The summed E-state index contributed by atoms with van der Waals surface area (Å²) in [5.74, 6) is 1.45. The Morgan fingerprint density at radius 3 is 2.89 bits per heavy atom. The van der Waals surface area contributed by atoms with Gasteiger partial charge < -0.3 is 4.74 Å². The van der Waals surface area contributed by atoms with Crippen LogP contribution in [0.2, 0.25) is 0 Å². The molecule has 1 fully saturated rings. The van der Waals surface area contributed by atoms with E-state index in [2.05, 4.69) is 19.3 Å². The number of hydrogen-bond donors (Lipinski definition) is 1. The smallest absolute Gasteiger partial charge is 0.243 e. The first-order valence-electron chi connectivity index (χ1n) is 6.37. The van der Waals surface area contributed by atoms with Gasteiger partial charge in [-0.3, -0.25) is 15.2 Å². The summed E-state index contributed by atoms with van der Waals surface area (Å²) < 4.78 is 5.68. The highest BCUT2D eigenvalue weighted by Gasteiger charge is 2.26. The van der Waals surface area contributed by atoms with E-state index >= 15 is 0 Å². The van der Waals surface area contributed by atoms with Crippen LogP contribution in [0.5, 0.6) is 5.75 Å². The van der Waals surface area contributed by atoms with Gasteiger partial charge in [-0.05, 0) is 18.1 Å². The lowest BCUT2D eigenvalue weighted by molar-refractivity contribution is -0.121. The Morgan fingerprint density at radius 1 is 1.50 bits per heavy atom. The summed E-state index contributed by atoms with van der Waals surface area (Å²) in [6.45, 7) is 7.56. The highest BCUT2D eigenvalue weighted by molar-refractivity contribution is 5.83. The van der Waals surface area contributed by atoms with E-state index in [1.165, 1.54) is 0 Å². The quantitative estimate of drug-likeness (QED) is 0.888. The van der Waals surface area contributed by atoms with Gasteiger partial charge in [-0.25, -0.2) is 0 Å². The lowest BCUT2D eigenvalue weighted by Crippen LogP contribution is -2.32. The third kappa shape index (κ3) is 2.94. The van der Waals surface area contributed by atoms with Crippen LogP contribution in [0.25, 0.3) is 0 Å². The summed E-state index contributed by atoms with van der Waals surface area (Å²) in [6, 6.07) is 7.81. The molecule has 1 amide bonds. The summed E-state index contributed by atoms with van der Waals surface area (Å²) in [5, 5.41) is 1.87. The fourth-order valence-corrected chi connectivity index (χ4v) is 1.82. The molecule has 1 aromatic rings. The number of nitrogens with zero attached hydrogens (tertiary/aromatic N) is 1. The highest BCUT2D eigenvalue weighted by atomic mass is 16.5. The van der Waals surface area contributed by atoms with Gasteiger partial charge >= 0.3 is 0 Å². The summed E-state index contributed by atoms with van der Waals surface area (Å²) in [7, 11) is 0. The van der Waals surface area contributed by atoms with Gasteiger partial charge in [0.05, 0.1) is 24.8 Å². The molecule has 4 nitrogen and oxygen atoms in total. The van der Waals surface area contributed by atoms with E-state index in [4.69, 9.17) is 4.74 Å². The molecule has 0 saturated carbocycles. The largest absolute Gasteiger partial charge is 0.493 e. The van der Waals surface area contributed by atoms with Crippen molar-refractivity contribution in [2.45, 2.75) is 20.8 Å². The fraction of sp³-hybridized carbons (Fsp3) is 0.500. The molecule has 1 heterocycles. The Morgan fingerprint density at radius 2 is 2.28 bits per heavy atom. The highest BCUT2D eigenvalue weighted by Crippen LogP contribution is 2.23. The number of anilines is 1. The van der Waals surface area contributed by atoms with E-state index in [1.807, 2.05) is 36.2 Å². The molecule has 1 aliphatic rings. The molecule has 18 heavy (non-hydrogen) atoms. The lowest BCUT2D eigenvalue weighted by Gasteiger charge is -2.18. The van der Waals surface area contributed by atoms with Crippen molar-refractivity contribution < 1.29 is 9.53 Å². The Balaban J connectivity index is 2.05. The second-order valence-electron chi connectivity index (χ2n) is 5.19. The number of hydrogen-bond acceptors (Lipinski definition) is 3. The molecular formula is C14H20N2O2. The maximum absolute atomic E-state index is 11.5. The lowest BCUT2D eigenvalue weighted by atomic mass is 10.2. The third-order valence-corrected chi connectivity index (χ3v) is 2.86.